The molecule has 0 saturated heterocycles. The lowest BCUT2D eigenvalue weighted by Gasteiger charge is -2.18. The smallest absolute Gasteiger partial charge is 0.462 e. The number of carbonyl (C=O) groups excluding carboxylic acids is 2. The zero-order chi connectivity index (χ0) is 34.0. The summed E-state index contributed by atoms with van der Waals surface area (Å²) in [4.78, 5) is 42.6. The average molecular weight is 671 g/mol. The molecule has 268 valence electrons. The van der Waals surface area contributed by atoms with Crippen molar-refractivity contribution in [2.75, 3.05) is 13.2 Å². The van der Waals surface area contributed by atoms with Gasteiger partial charge in [-0.2, -0.15) is 0 Å². The van der Waals surface area contributed by atoms with Crippen molar-refractivity contribution in [3.8, 4) is 0 Å². The summed E-state index contributed by atoms with van der Waals surface area (Å²) in [5.41, 5.74) is 0. The normalized spacial score (nSPS) is 12.9. The van der Waals surface area contributed by atoms with Gasteiger partial charge in [-0.25, -0.2) is 4.57 Å². The van der Waals surface area contributed by atoms with Crippen molar-refractivity contribution in [2.45, 2.75) is 174 Å². The molecule has 46 heavy (non-hydrogen) atoms. The number of esters is 2. The molecular formula is C37H67O8P. The van der Waals surface area contributed by atoms with Gasteiger partial charge < -0.3 is 19.3 Å². The van der Waals surface area contributed by atoms with Gasteiger partial charge in [0.15, 0.2) is 6.10 Å². The molecule has 9 heteroatoms. The fraction of sp³-hybridized carbons (Fsp3) is 0.784. The summed E-state index contributed by atoms with van der Waals surface area (Å²) in [5, 5.41) is 0. The van der Waals surface area contributed by atoms with Crippen LogP contribution in [0, 0.1) is 0 Å². The van der Waals surface area contributed by atoms with E-state index in [4.69, 9.17) is 19.3 Å². The molecule has 0 heterocycles. The first-order chi connectivity index (χ1) is 22.3. The molecule has 0 aliphatic rings. The number of unbranched alkanes of at least 4 members (excludes halogenated alkanes) is 17. The van der Waals surface area contributed by atoms with Crippen LogP contribution in [0.1, 0.15) is 168 Å². The molecule has 2 N–H and O–H groups in total. The molecule has 0 radical (unpaired) electrons. The number of allylic oxidation sites excluding steroid dienone is 6. The minimum Gasteiger partial charge on any atom is -0.462 e. The van der Waals surface area contributed by atoms with Gasteiger partial charge in [-0.1, -0.05) is 127 Å². The molecule has 8 nitrogen and oxygen atoms in total. The molecule has 0 aliphatic carbocycles. The Bertz CT molecular complexity index is 848. The number of ether oxygens (including phenoxy) is 2. The van der Waals surface area contributed by atoms with Crippen LogP contribution in [0.25, 0.3) is 0 Å². The Balaban J connectivity index is 3.99. The van der Waals surface area contributed by atoms with Gasteiger partial charge in [0.05, 0.1) is 6.61 Å². The highest BCUT2D eigenvalue weighted by Crippen LogP contribution is 2.36. The predicted octanol–water partition coefficient (Wildman–Crippen LogP) is 10.6. The van der Waals surface area contributed by atoms with Crippen LogP contribution in [-0.4, -0.2) is 41.0 Å². The van der Waals surface area contributed by atoms with Crippen molar-refractivity contribution in [2.24, 2.45) is 0 Å². The zero-order valence-electron chi connectivity index (χ0n) is 29.2. The molecule has 0 rings (SSSR count). The molecule has 0 amide bonds. The van der Waals surface area contributed by atoms with E-state index in [0.29, 0.717) is 12.8 Å². The molecule has 0 saturated carbocycles. The van der Waals surface area contributed by atoms with E-state index < -0.39 is 32.5 Å². The summed E-state index contributed by atoms with van der Waals surface area (Å²) in [6, 6.07) is 0. The number of hydrogen-bond acceptors (Lipinski definition) is 6. The zero-order valence-corrected chi connectivity index (χ0v) is 30.1. The number of rotatable bonds is 33. The van der Waals surface area contributed by atoms with Gasteiger partial charge in [0.1, 0.15) is 6.61 Å². The Morgan fingerprint density at radius 1 is 0.565 bits per heavy atom. The summed E-state index contributed by atoms with van der Waals surface area (Å²) in [6.07, 6.45) is 37.2. The summed E-state index contributed by atoms with van der Waals surface area (Å²) in [5.74, 6) is -0.907. The molecule has 1 atom stereocenters. The molecule has 0 bridgehead atoms. The quantitative estimate of drug-likeness (QED) is 0.0306. The Kier molecular flexibility index (Phi) is 31.9. The number of carbonyl (C=O) groups is 2. The van der Waals surface area contributed by atoms with Crippen LogP contribution in [0.3, 0.4) is 0 Å². The van der Waals surface area contributed by atoms with E-state index in [2.05, 4.69) is 54.8 Å². The van der Waals surface area contributed by atoms with E-state index in [1.807, 2.05) is 0 Å². The van der Waals surface area contributed by atoms with Gasteiger partial charge in [0.2, 0.25) is 0 Å². The Morgan fingerprint density at radius 2 is 1.00 bits per heavy atom. The highest BCUT2D eigenvalue weighted by Gasteiger charge is 2.22. The molecule has 0 aliphatic heterocycles. The monoisotopic (exact) mass is 670 g/mol. The first kappa shape index (κ1) is 44.3. The largest absolute Gasteiger partial charge is 0.469 e. The summed E-state index contributed by atoms with van der Waals surface area (Å²) >= 11 is 0. The van der Waals surface area contributed by atoms with Gasteiger partial charge in [-0.15, -0.1) is 0 Å². The molecule has 0 aromatic rings. The topological polar surface area (TPSA) is 119 Å². The van der Waals surface area contributed by atoms with Gasteiger partial charge in [-0.3, -0.25) is 14.1 Å². The highest BCUT2D eigenvalue weighted by molar-refractivity contribution is 7.46. The number of phosphoric ester groups is 1. The Labute approximate surface area is 281 Å². The molecular weight excluding hydrogens is 603 g/mol. The minimum atomic E-state index is -4.75. The van der Waals surface area contributed by atoms with Crippen LogP contribution < -0.4 is 0 Å². The van der Waals surface area contributed by atoms with E-state index in [9.17, 15) is 14.2 Å². The lowest BCUT2D eigenvalue weighted by Crippen LogP contribution is -2.29. The maximum Gasteiger partial charge on any atom is 0.469 e. The van der Waals surface area contributed by atoms with Crippen molar-refractivity contribution in [1.82, 2.24) is 0 Å². The minimum absolute atomic E-state index is 0.201. The van der Waals surface area contributed by atoms with Crippen molar-refractivity contribution in [1.29, 1.82) is 0 Å². The lowest BCUT2D eigenvalue weighted by molar-refractivity contribution is -0.161. The van der Waals surface area contributed by atoms with Crippen molar-refractivity contribution < 1.29 is 37.9 Å². The second kappa shape index (κ2) is 33.2. The maximum absolute atomic E-state index is 12.3. The standard InChI is InChI=1S/C37H67O8P/c1-3-5-7-9-11-13-15-16-17-18-19-20-22-24-26-28-30-32-37(39)45-35(34-44-46(40,41)42)33-43-36(38)31-29-27-25-23-21-14-12-10-8-6-4-2/h10-13,16-17,35H,3-9,14-15,18-34H2,1-2H3,(H2,40,41,42)/b12-10+,13-11+,17-16+/t35-/m1/s1. The second-order valence-corrected chi connectivity index (χ2v) is 13.4. The molecule has 0 spiro atoms. The summed E-state index contributed by atoms with van der Waals surface area (Å²) < 4.78 is 26.2. The van der Waals surface area contributed by atoms with Crippen LogP contribution in [0.5, 0.6) is 0 Å². The summed E-state index contributed by atoms with van der Waals surface area (Å²) in [7, 11) is -4.75. The molecule has 0 fully saturated rings. The van der Waals surface area contributed by atoms with Gasteiger partial charge in [-0.05, 0) is 64.2 Å². The van der Waals surface area contributed by atoms with Gasteiger partial charge in [0.25, 0.3) is 0 Å². The molecule has 0 aromatic heterocycles. The van der Waals surface area contributed by atoms with E-state index >= 15 is 0 Å². The van der Waals surface area contributed by atoms with Gasteiger partial charge >= 0.3 is 19.8 Å². The van der Waals surface area contributed by atoms with E-state index in [-0.39, 0.29) is 19.4 Å². The maximum atomic E-state index is 12.3. The van der Waals surface area contributed by atoms with Gasteiger partial charge in [0, 0.05) is 12.8 Å². The van der Waals surface area contributed by atoms with Crippen molar-refractivity contribution >= 4 is 19.8 Å². The number of hydrogen-bond donors (Lipinski definition) is 2. The van der Waals surface area contributed by atoms with Crippen LogP contribution in [0.4, 0.5) is 0 Å². The Morgan fingerprint density at radius 3 is 1.52 bits per heavy atom. The predicted molar refractivity (Wildman–Crippen MR) is 188 cm³/mol. The van der Waals surface area contributed by atoms with E-state index in [1.54, 1.807) is 0 Å². The third-order valence-electron chi connectivity index (χ3n) is 7.63. The van der Waals surface area contributed by atoms with Crippen molar-refractivity contribution in [3.05, 3.63) is 36.5 Å². The fourth-order valence-corrected chi connectivity index (χ4v) is 5.21. The van der Waals surface area contributed by atoms with Crippen LogP contribution in [-0.2, 0) is 28.2 Å². The van der Waals surface area contributed by atoms with Crippen LogP contribution in [0.15, 0.2) is 36.5 Å². The second-order valence-electron chi connectivity index (χ2n) is 12.2. The summed E-state index contributed by atoms with van der Waals surface area (Å²) in [6.45, 7) is 3.59. The van der Waals surface area contributed by atoms with E-state index in [1.165, 1.54) is 57.8 Å². The first-order valence-electron chi connectivity index (χ1n) is 18.3. The number of phosphoric acid groups is 1. The molecule has 0 unspecified atom stereocenters. The molecule has 0 aromatic carbocycles. The van der Waals surface area contributed by atoms with E-state index in [0.717, 1.165) is 70.6 Å². The highest BCUT2D eigenvalue weighted by atomic mass is 31.2. The average Bonchev–Trinajstić information content (AvgIpc) is 3.02. The Hall–Kier alpha value is -1.73. The van der Waals surface area contributed by atoms with Crippen LogP contribution in [0.2, 0.25) is 0 Å². The van der Waals surface area contributed by atoms with Crippen molar-refractivity contribution in [3.63, 3.8) is 0 Å². The first-order valence-corrected chi connectivity index (χ1v) is 19.8. The fourth-order valence-electron chi connectivity index (χ4n) is 4.85. The third-order valence-corrected chi connectivity index (χ3v) is 8.12. The SMILES string of the molecule is CCCC/C=C/CCCCCCCC(=O)OC[C@H](COP(=O)(O)O)OC(=O)CCCCCCCCC/C=C/C/C=C/CCCCC. The third kappa shape index (κ3) is 35.1. The van der Waals surface area contributed by atoms with Crippen LogP contribution >= 0.6 is 7.82 Å². The lowest BCUT2D eigenvalue weighted by atomic mass is 10.1.